The lowest BCUT2D eigenvalue weighted by Gasteiger charge is -2.13. The van der Waals surface area contributed by atoms with Gasteiger partial charge in [-0.15, -0.1) is 0 Å². The number of non-ortho nitro benzene ring substituents is 1. The molecular weight excluding hydrogens is 444 g/mol. The number of nitrogens with zero attached hydrogens (tertiary/aromatic N) is 2. The topological polar surface area (TPSA) is 100 Å². The third-order valence-electron chi connectivity index (χ3n) is 3.87. The number of carbonyl (C=O) groups excluding carboxylic acids is 1. The van der Waals surface area contributed by atoms with Gasteiger partial charge in [-0.05, 0) is 65.7 Å². The van der Waals surface area contributed by atoms with Crippen LogP contribution in [0.5, 0.6) is 11.5 Å². The minimum atomic E-state index is -0.610. The Balaban J connectivity index is 1.93. The second-order valence-corrected chi connectivity index (χ2v) is 6.69. The summed E-state index contributed by atoms with van der Waals surface area (Å²) in [5.74, 6) is 0.606. The Morgan fingerprint density at radius 1 is 1.17 bits per heavy atom. The average molecular weight is 461 g/mol. The molecule has 0 amide bonds. The number of aliphatic imine (C=N–C) groups is 1. The molecule has 3 rings (SSSR count). The summed E-state index contributed by atoms with van der Waals surface area (Å²) in [5.41, 5.74) is 1.19. The van der Waals surface area contributed by atoms with Crippen molar-refractivity contribution in [3.8, 4) is 11.5 Å². The van der Waals surface area contributed by atoms with Gasteiger partial charge in [-0.2, -0.15) is 0 Å². The second-order valence-electron chi connectivity index (χ2n) is 5.84. The predicted molar refractivity (Wildman–Crippen MR) is 110 cm³/mol. The first-order chi connectivity index (χ1) is 13.9. The average Bonchev–Trinajstić information content (AvgIpc) is 3.05. The molecule has 0 aromatic heterocycles. The third-order valence-corrected chi connectivity index (χ3v) is 4.46. The first kappa shape index (κ1) is 20.5. The predicted octanol–water partition coefficient (Wildman–Crippen LogP) is 4.50. The number of hydrogen-bond acceptors (Lipinski definition) is 7. The molecule has 29 heavy (non-hydrogen) atoms. The maximum atomic E-state index is 12.2. The summed E-state index contributed by atoms with van der Waals surface area (Å²) in [6.45, 7) is 4.68. The molecule has 1 aliphatic heterocycles. The number of halogens is 1. The Bertz CT molecular complexity index is 1010. The van der Waals surface area contributed by atoms with Crippen LogP contribution >= 0.6 is 15.9 Å². The number of esters is 1. The van der Waals surface area contributed by atoms with E-state index < -0.39 is 10.9 Å². The zero-order chi connectivity index (χ0) is 21.0. The molecule has 1 aliphatic rings. The van der Waals surface area contributed by atoms with Crippen LogP contribution in [0.3, 0.4) is 0 Å². The highest BCUT2D eigenvalue weighted by Gasteiger charge is 2.25. The molecule has 0 saturated heterocycles. The number of nitro groups is 1. The SMILES string of the molecule is CCOc1cc(/C=C2\N=C(c3ccc([N+](=O)[O-])cc3)OC2=O)cc(Br)c1OCC. The van der Waals surface area contributed by atoms with E-state index in [0.717, 1.165) is 0 Å². The second kappa shape index (κ2) is 8.87. The van der Waals surface area contributed by atoms with Crippen molar-refractivity contribution in [2.45, 2.75) is 13.8 Å². The molecule has 8 nitrogen and oxygen atoms in total. The maximum Gasteiger partial charge on any atom is 0.363 e. The smallest absolute Gasteiger partial charge is 0.363 e. The first-order valence-corrected chi connectivity index (χ1v) is 9.58. The summed E-state index contributed by atoms with van der Waals surface area (Å²) < 4.78 is 17.1. The van der Waals surface area contributed by atoms with Gasteiger partial charge in [0, 0.05) is 17.7 Å². The van der Waals surface area contributed by atoms with E-state index >= 15 is 0 Å². The van der Waals surface area contributed by atoms with E-state index in [2.05, 4.69) is 20.9 Å². The summed E-state index contributed by atoms with van der Waals surface area (Å²) in [6.07, 6.45) is 1.57. The van der Waals surface area contributed by atoms with Crippen LogP contribution in [0.1, 0.15) is 25.0 Å². The number of cyclic esters (lactones) is 1. The highest BCUT2D eigenvalue weighted by Crippen LogP contribution is 2.37. The van der Waals surface area contributed by atoms with Gasteiger partial charge in [0.1, 0.15) is 0 Å². The van der Waals surface area contributed by atoms with Gasteiger partial charge in [-0.3, -0.25) is 10.1 Å². The Morgan fingerprint density at radius 3 is 2.48 bits per heavy atom. The standard InChI is InChI=1S/C20H17BrN2O6/c1-3-27-17-11-12(9-15(21)18(17)28-4-2)10-16-20(24)29-19(22-16)13-5-7-14(8-6-13)23(25)26/h5-11H,3-4H2,1-2H3/b16-10-. The van der Waals surface area contributed by atoms with Crippen molar-refractivity contribution in [3.63, 3.8) is 0 Å². The van der Waals surface area contributed by atoms with Crippen molar-refractivity contribution in [3.05, 3.63) is 67.8 Å². The summed E-state index contributed by atoms with van der Waals surface area (Å²) in [4.78, 5) is 26.7. The van der Waals surface area contributed by atoms with Gasteiger partial charge < -0.3 is 14.2 Å². The van der Waals surface area contributed by atoms with Crippen LogP contribution in [-0.4, -0.2) is 30.0 Å². The Kier molecular flexibility index (Phi) is 6.28. The Labute approximate surface area is 175 Å². The third kappa shape index (κ3) is 4.62. The van der Waals surface area contributed by atoms with Crippen molar-refractivity contribution in [2.75, 3.05) is 13.2 Å². The number of carbonyl (C=O) groups is 1. The van der Waals surface area contributed by atoms with Crippen molar-refractivity contribution in [1.29, 1.82) is 0 Å². The normalized spacial score (nSPS) is 14.5. The van der Waals surface area contributed by atoms with Crippen molar-refractivity contribution < 1.29 is 23.9 Å². The molecule has 0 unspecified atom stereocenters. The summed E-state index contributed by atoms with van der Waals surface area (Å²) >= 11 is 3.46. The molecule has 0 spiro atoms. The number of ether oxygens (including phenoxy) is 3. The number of rotatable bonds is 7. The van der Waals surface area contributed by atoms with Crippen LogP contribution in [0.25, 0.3) is 6.08 Å². The van der Waals surface area contributed by atoms with Gasteiger partial charge >= 0.3 is 5.97 Å². The van der Waals surface area contributed by atoms with E-state index in [1.807, 2.05) is 13.8 Å². The van der Waals surface area contributed by atoms with Crippen LogP contribution in [-0.2, 0) is 9.53 Å². The van der Waals surface area contributed by atoms with Gasteiger partial charge in [0.25, 0.3) is 5.69 Å². The fraction of sp³-hybridized carbons (Fsp3) is 0.200. The van der Waals surface area contributed by atoms with E-state index in [1.54, 1.807) is 18.2 Å². The molecular formula is C20H17BrN2O6. The van der Waals surface area contributed by atoms with Crippen LogP contribution in [0.15, 0.2) is 51.6 Å². The molecule has 9 heteroatoms. The summed E-state index contributed by atoms with van der Waals surface area (Å²) in [7, 11) is 0. The lowest BCUT2D eigenvalue weighted by molar-refractivity contribution is -0.384. The molecule has 0 atom stereocenters. The van der Waals surface area contributed by atoms with Crippen LogP contribution < -0.4 is 9.47 Å². The Hall–Kier alpha value is -3.20. The highest BCUT2D eigenvalue weighted by atomic mass is 79.9. The molecule has 0 aliphatic carbocycles. The van der Waals surface area contributed by atoms with E-state index in [-0.39, 0.29) is 17.3 Å². The molecule has 0 radical (unpaired) electrons. The largest absolute Gasteiger partial charge is 0.490 e. The minimum Gasteiger partial charge on any atom is -0.490 e. The zero-order valence-electron chi connectivity index (χ0n) is 15.7. The quantitative estimate of drug-likeness (QED) is 0.261. The van der Waals surface area contributed by atoms with Gasteiger partial charge in [-0.25, -0.2) is 9.79 Å². The van der Waals surface area contributed by atoms with Gasteiger partial charge in [-0.1, -0.05) is 0 Å². The number of nitro benzene ring substituents is 1. The molecule has 1 heterocycles. The molecule has 0 N–H and O–H groups in total. The molecule has 2 aromatic carbocycles. The van der Waals surface area contributed by atoms with E-state index in [1.165, 1.54) is 24.3 Å². The van der Waals surface area contributed by atoms with Gasteiger partial charge in [0.15, 0.2) is 17.2 Å². The van der Waals surface area contributed by atoms with E-state index in [0.29, 0.717) is 40.3 Å². The van der Waals surface area contributed by atoms with Crippen molar-refractivity contribution >= 4 is 39.6 Å². The maximum absolute atomic E-state index is 12.2. The van der Waals surface area contributed by atoms with Crippen LogP contribution in [0.4, 0.5) is 5.69 Å². The summed E-state index contributed by atoms with van der Waals surface area (Å²) in [6, 6.07) is 9.14. The van der Waals surface area contributed by atoms with Gasteiger partial charge in [0.2, 0.25) is 5.90 Å². The highest BCUT2D eigenvalue weighted by molar-refractivity contribution is 9.10. The molecule has 0 bridgehead atoms. The van der Waals surface area contributed by atoms with Gasteiger partial charge in [0.05, 0.1) is 22.6 Å². The zero-order valence-corrected chi connectivity index (χ0v) is 17.3. The summed E-state index contributed by atoms with van der Waals surface area (Å²) in [5, 5.41) is 10.8. The van der Waals surface area contributed by atoms with Crippen molar-refractivity contribution in [1.82, 2.24) is 0 Å². The lowest BCUT2D eigenvalue weighted by Crippen LogP contribution is -2.05. The molecule has 0 fully saturated rings. The fourth-order valence-electron chi connectivity index (χ4n) is 2.63. The fourth-order valence-corrected chi connectivity index (χ4v) is 3.21. The molecule has 2 aromatic rings. The van der Waals surface area contributed by atoms with Crippen molar-refractivity contribution in [2.24, 2.45) is 4.99 Å². The Morgan fingerprint density at radius 2 is 1.86 bits per heavy atom. The first-order valence-electron chi connectivity index (χ1n) is 8.79. The molecule has 150 valence electrons. The van der Waals surface area contributed by atoms with Crippen LogP contribution in [0, 0.1) is 10.1 Å². The molecule has 0 saturated carbocycles. The lowest BCUT2D eigenvalue weighted by atomic mass is 10.1. The monoisotopic (exact) mass is 460 g/mol. The number of benzene rings is 2. The van der Waals surface area contributed by atoms with Crippen LogP contribution in [0.2, 0.25) is 0 Å². The van der Waals surface area contributed by atoms with E-state index in [4.69, 9.17) is 14.2 Å². The van der Waals surface area contributed by atoms with E-state index in [9.17, 15) is 14.9 Å². The number of hydrogen-bond donors (Lipinski definition) is 0. The minimum absolute atomic E-state index is 0.0582.